The van der Waals surface area contributed by atoms with Crippen LogP contribution in [0.1, 0.15) is 15.9 Å². The van der Waals surface area contributed by atoms with Gasteiger partial charge in [-0.15, -0.1) is 12.6 Å². The van der Waals surface area contributed by atoms with Crippen molar-refractivity contribution in [2.75, 3.05) is 12.4 Å². The van der Waals surface area contributed by atoms with Crippen LogP contribution in [0.3, 0.4) is 0 Å². The lowest BCUT2D eigenvalue weighted by atomic mass is 10.1. The van der Waals surface area contributed by atoms with E-state index in [1.54, 1.807) is 0 Å². The molecule has 2 aromatic carbocycles. The highest BCUT2D eigenvalue weighted by atomic mass is 32.1. The van der Waals surface area contributed by atoms with Crippen LogP contribution in [-0.2, 0) is 0 Å². The number of nitriles is 1. The normalized spacial score (nSPS) is 9.81. The molecule has 0 bridgehead atoms. The Hall–Kier alpha value is -2.52. The maximum Gasteiger partial charge on any atom is 0.258 e. The van der Waals surface area contributed by atoms with Gasteiger partial charge in [-0.1, -0.05) is 0 Å². The number of benzene rings is 2. The summed E-state index contributed by atoms with van der Waals surface area (Å²) in [6.45, 7) is 0. The van der Waals surface area contributed by atoms with Crippen molar-refractivity contribution in [1.82, 2.24) is 0 Å². The summed E-state index contributed by atoms with van der Waals surface area (Å²) in [5, 5.41) is 11.4. The van der Waals surface area contributed by atoms with Crippen molar-refractivity contribution >= 4 is 24.2 Å². The zero-order valence-corrected chi connectivity index (χ0v) is 11.9. The van der Waals surface area contributed by atoms with E-state index in [0.717, 1.165) is 0 Å². The van der Waals surface area contributed by atoms with Crippen LogP contribution >= 0.6 is 12.6 Å². The van der Waals surface area contributed by atoms with Gasteiger partial charge in [-0.05, 0) is 30.3 Å². The summed E-state index contributed by atoms with van der Waals surface area (Å²) in [6.07, 6.45) is 0. The van der Waals surface area contributed by atoms with Gasteiger partial charge in [0.1, 0.15) is 11.6 Å². The molecule has 0 unspecified atom stereocenters. The number of nitrogens with zero attached hydrogens (tertiary/aromatic N) is 1. The standard InChI is InChI=1S/C15H11FN2O2S/c1-20-14-6-9(8-17)2-5-13(14)18-15(19)11-7-10(21)3-4-12(11)16/h2-7,21H,1H3,(H,18,19). The number of methoxy groups -OCH3 is 1. The molecule has 21 heavy (non-hydrogen) atoms. The molecule has 1 N–H and O–H groups in total. The van der Waals surface area contributed by atoms with Gasteiger partial charge in [-0.2, -0.15) is 5.26 Å². The Kier molecular flexibility index (Phi) is 4.45. The molecule has 2 rings (SSSR count). The predicted molar refractivity (Wildman–Crippen MR) is 79.3 cm³/mol. The monoisotopic (exact) mass is 302 g/mol. The number of ether oxygens (including phenoxy) is 1. The molecule has 0 radical (unpaired) electrons. The van der Waals surface area contributed by atoms with E-state index in [0.29, 0.717) is 21.9 Å². The Bertz CT molecular complexity index is 741. The fourth-order valence-electron chi connectivity index (χ4n) is 1.74. The van der Waals surface area contributed by atoms with Crippen molar-refractivity contribution in [1.29, 1.82) is 5.26 Å². The first kappa shape index (κ1) is 14.9. The molecule has 2 aromatic rings. The van der Waals surface area contributed by atoms with Crippen molar-refractivity contribution < 1.29 is 13.9 Å². The first-order valence-corrected chi connectivity index (χ1v) is 6.38. The second-order valence-corrected chi connectivity index (χ2v) is 4.66. The number of carbonyl (C=O) groups is 1. The van der Waals surface area contributed by atoms with Crippen LogP contribution in [0.4, 0.5) is 10.1 Å². The minimum absolute atomic E-state index is 0.117. The lowest BCUT2D eigenvalue weighted by molar-refractivity contribution is 0.102. The van der Waals surface area contributed by atoms with E-state index < -0.39 is 11.7 Å². The molecule has 0 aliphatic heterocycles. The van der Waals surface area contributed by atoms with Crippen molar-refractivity contribution in [3.8, 4) is 11.8 Å². The molecule has 0 aliphatic rings. The number of rotatable bonds is 3. The summed E-state index contributed by atoms with van der Waals surface area (Å²) in [4.78, 5) is 12.6. The van der Waals surface area contributed by atoms with Gasteiger partial charge in [-0.25, -0.2) is 4.39 Å². The quantitative estimate of drug-likeness (QED) is 0.856. The van der Waals surface area contributed by atoms with Crippen LogP contribution in [0.25, 0.3) is 0 Å². The van der Waals surface area contributed by atoms with E-state index in [2.05, 4.69) is 17.9 Å². The summed E-state index contributed by atoms with van der Waals surface area (Å²) < 4.78 is 18.8. The molecule has 1 amide bonds. The average molecular weight is 302 g/mol. The van der Waals surface area contributed by atoms with Gasteiger partial charge in [0.15, 0.2) is 0 Å². The van der Waals surface area contributed by atoms with Gasteiger partial charge >= 0.3 is 0 Å². The highest BCUT2D eigenvalue weighted by Crippen LogP contribution is 2.26. The first-order valence-electron chi connectivity index (χ1n) is 5.93. The first-order chi connectivity index (χ1) is 10.0. The zero-order valence-electron chi connectivity index (χ0n) is 11.1. The van der Waals surface area contributed by atoms with Crippen molar-refractivity contribution in [2.45, 2.75) is 4.90 Å². The van der Waals surface area contributed by atoms with E-state index in [4.69, 9.17) is 10.00 Å². The highest BCUT2D eigenvalue weighted by Gasteiger charge is 2.14. The third-order valence-electron chi connectivity index (χ3n) is 2.77. The Morgan fingerprint density at radius 1 is 1.33 bits per heavy atom. The Labute approximate surface area is 126 Å². The summed E-state index contributed by atoms with van der Waals surface area (Å²) in [5.74, 6) is -0.936. The molecule has 4 nitrogen and oxygen atoms in total. The van der Waals surface area contributed by atoms with Crippen LogP contribution in [0.5, 0.6) is 5.75 Å². The van der Waals surface area contributed by atoms with E-state index >= 15 is 0 Å². The third-order valence-corrected chi connectivity index (χ3v) is 3.05. The lowest BCUT2D eigenvalue weighted by Crippen LogP contribution is -2.14. The van der Waals surface area contributed by atoms with Gasteiger partial charge in [0, 0.05) is 11.0 Å². The smallest absolute Gasteiger partial charge is 0.258 e. The predicted octanol–water partition coefficient (Wildman–Crippen LogP) is 3.25. The van der Waals surface area contributed by atoms with E-state index in [1.807, 2.05) is 6.07 Å². The van der Waals surface area contributed by atoms with Gasteiger partial charge < -0.3 is 10.1 Å². The molecule has 0 fully saturated rings. The summed E-state index contributed by atoms with van der Waals surface area (Å²) in [6, 6.07) is 10.5. The number of amides is 1. The fraction of sp³-hybridized carbons (Fsp3) is 0.0667. The summed E-state index contributed by atoms with van der Waals surface area (Å²) in [5.41, 5.74) is 0.632. The molecule has 0 heterocycles. The molecule has 0 aliphatic carbocycles. The molecule has 0 spiro atoms. The number of carbonyl (C=O) groups excluding carboxylic acids is 1. The van der Waals surface area contributed by atoms with Crippen LogP contribution in [0.2, 0.25) is 0 Å². The number of nitrogens with one attached hydrogen (secondary N) is 1. The SMILES string of the molecule is COc1cc(C#N)ccc1NC(=O)c1cc(S)ccc1F. The van der Waals surface area contributed by atoms with Gasteiger partial charge in [-0.3, -0.25) is 4.79 Å². The molecule has 6 heteroatoms. The molecular weight excluding hydrogens is 291 g/mol. The Morgan fingerprint density at radius 2 is 2.10 bits per heavy atom. The molecule has 0 saturated heterocycles. The number of halogens is 1. The number of anilines is 1. The molecule has 0 aromatic heterocycles. The second kappa shape index (κ2) is 6.29. The largest absolute Gasteiger partial charge is 0.495 e. The van der Waals surface area contributed by atoms with E-state index in [-0.39, 0.29) is 5.56 Å². The molecule has 0 saturated carbocycles. The molecule has 106 valence electrons. The second-order valence-electron chi connectivity index (χ2n) is 4.15. The van der Waals surface area contributed by atoms with Crippen LogP contribution in [0.15, 0.2) is 41.3 Å². The zero-order chi connectivity index (χ0) is 15.4. The van der Waals surface area contributed by atoms with Crippen molar-refractivity contribution in [3.63, 3.8) is 0 Å². The Balaban J connectivity index is 2.32. The third kappa shape index (κ3) is 3.33. The fourth-order valence-corrected chi connectivity index (χ4v) is 1.94. The maximum atomic E-state index is 13.7. The van der Waals surface area contributed by atoms with Gasteiger partial charge in [0.25, 0.3) is 5.91 Å². The van der Waals surface area contributed by atoms with Gasteiger partial charge in [0.05, 0.1) is 30.0 Å². The number of hydrogen-bond acceptors (Lipinski definition) is 4. The Morgan fingerprint density at radius 3 is 2.76 bits per heavy atom. The van der Waals surface area contributed by atoms with Crippen LogP contribution < -0.4 is 10.1 Å². The summed E-state index contributed by atoms with van der Waals surface area (Å²) >= 11 is 4.08. The number of hydrogen-bond donors (Lipinski definition) is 2. The van der Waals surface area contributed by atoms with Crippen molar-refractivity contribution in [3.05, 3.63) is 53.3 Å². The van der Waals surface area contributed by atoms with Crippen LogP contribution in [-0.4, -0.2) is 13.0 Å². The molecule has 0 atom stereocenters. The average Bonchev–Trinajstić information content (AvgIpc) is 2.49. The maximum absolute atomic E-state index is 13.7. The topological polar surface area (TPSA) is 62.1 Å². The van der Waals surface area contributed by atoms with E-state index in [9.17, 15) is 9.18 Å². The minimum atomic E-state index is -0.641. The minimum Gasteiger partial charge on any atom is -0.495 e. The lowest BCUT2D eigenvalue weighted by Gasteiger charge is -2.11. The van der Waals surface area contributed by atoms with Crippen molar-refractivity contribution in [2.24, 2.45) is 0 Å². The van der Waals surface area contributed by atoms with Crippen LogP contribution in [0, 0.1) is 17.1 Å². The highest BCUT2D eigenvalue weighted by molar-refractivity contribution is 7.80. The summed E-state index contributed by atoms with van der Waals surface area (Å²) in [7, 11) is 1.42. The number of thiol groups is 1. The van der Waals surface area contributed by atoms with Gasteiger partial charge in [0.2, 0.25) is 0 Å². The van der Waals surface area contributed by atoms with E-state index in [1.165, 1.54) is 43.5 Å². The molecular formula is C15H11FN2O2S.